The van der Waals surface area contributed by atoms with Crippen molar-refractivity contribution in [1.82, 2.24) is 10.2 Å². The maximum absolute atomic E-state index is 11.3. The smallest absolute Gasteiger partial charge is 0.307 e. The lowest BCUT2D eigenvalue weighted by Crippen LogP contribution is -2.52. The van der Waals surface area contributed by atoms with Crippen LogP contribution in [0.2, 0.25) is 0 Å². The fourth-order valence-electron chi connectivity index (χ4n) is 3.36. The molecule has 2 saturated carbocycles. The van der Waals surface area contributed by atoms with Gasteiger partial charge in [0.2, 0.25) is 0 Å². The van der Waals surface area contributed by atoms with Gasteiger partial charge in [-0.05, 0) is 50.5 Å². The van der Waals surface area contributed by atoms with Gasteiger partial charge in [0, 0.05) is 25.7 Å². The molecule has 1 saturated heterocycles. The van der Waals surface area contributed by atoms with Gasteiger partial charge in [0.15, 0.2) is 0 Å². The summed E-state index contributed by atoms with van der Waals surface area (Å²) in [5.74, 6) is 0.907. The molecule has 108 valence electrons. The Bertz CT molecular complexity index is 326. The van der Waals surface area contributed by atoms with E-state index in [1.165, 1.54) is 32.1 Å². The monoisotopic (exact) mass is 266 g/mol. The van der Waals surface area contributed by atoms with Crippen LogP contribution in [-0.4, -0.2) is 48.2 Å². The molecule has 0 spiro atoms. The minimum Gasteiger partial charge on any atom is -0.481 e. The molecule has 1 aliphatic heterocycles. The van der Waals surface area contributed by atoms with Crippen LogP contribution in [0.1, 0.15) is 38.5 Å². The Morgan fingerprint density at radius 3 is 2.53 bits per heavy atom. The third-order valence-electron chi connectivity index (χ3n) is 5.01. The average Bonchev–Trinajstić information content (AvgIpc) is 3.10. The molecule has 3 rings (SSSR count). The summed E-state index contributed by atoms with van der Waals surface area (Å²) in [5, 5.41) is 12.9. The second kappa shape index (κ2) is 5.80. The lowest BCUT2D eigenvalue weighted by atomic mass is 9.85. The van der Waals surface area contributed by atoms with Crippen molar-refractivity contribution < 1.29 is 9.90 Å². The topological polar surface area (TPSA) is 52.6 Å². The number of rotatable bonds is 6. The van der Waals surface area contributed by atoms with Crippen molar-refractivity contribution >= 4 is 5.97 Å². The second-order valence-corrected chi connectivity index (χ2v) is 6.83. The molecule has 0 aromatic carbocycles. The molecule has 0 bridgehead atoms. The van der Waals surface area contributed by atoms with Crippen molar-refractivity contribution in [3.8, 4) is 0 Å². The van der Waals surface area contributed by atoms with Crippen LogP contribution in [0.3, 0.4) is 0 Å². The first-order valence-corrected chi connectivity index (χ1v) is 7.89. The van der Waals surface area contributed by atoms with E-state index < -0.39 is 5.97 Å². The summed E-state index contributed by atoms with van der Waals surface area (Å²) < 4.78 is 0. The van der Waals surface area contributed by atoms with Gasteiger partial charge in [0.1, 0.15) is 0 Å². The summed E-state index contributed by atoms with van der Waals surface area (Å²) in [4.78, 5) is 13.7. The molecule has 0 aromatic heterocycles. The third-order valence-corrected chi connectivity index (χ3v) is 5.01. The highest BCUT2D eigenvalue weighted by Crippen LogP contribution is 2.31. The van der Waals surface area contributed by atoms with E-state index in [0.29, 0.717) is 6.04 Å². The fourth-order valence-corrected chi connectivity index (χ4v) is 3.36. The number of carboxylic acids is 1. The van der Waals surface area contributed by atoms with Crippen molar-refractivity contribution in [2.45, 2.75) is 44.6 Å². The first-order chi connectivity index (χ1) is 9.20. The van der Waals surface area contributed by atoms with Crippen molar-refractivity contribution in [3.05, 3.63) is 0 Å². The number of hydrogen-bond donors (Lipinski definition) is 2. The van der Waals surface area contributed by atoms with Crippen molar-refractivity contribution in [2.75, 3.05) is 26.2 Å². The molecule has 2 atom stereocenters. The van der Waals surface area contributed by atoms with Crippen molar-refractivity contribution in [2.24, 2.45) is 17.8 Å². The number of piperidine rings is 1. The molecular formula is C15H26N2O2. The zero-order valence-electron chi connectivity index (χ0n) is 11.7. The molecule has 2 unspecified atom stereocenters. The summed E-state index contributed by atoms with van der Waals surface area (Å²) in [6.45, 7) is 4.01. The van der Waals surface area contributed by atoms with Gasteiger partial charge in [0.25, 0.3) is 0 Å². The number of nitrogens with one attached hydrogen (secondary N) is 1. The lowest BCUT2D eigenvalue weighted by molar-refractivity contribution is -0.144. The molecule has 3 aliphatic rings. The number of hydrogen-bond acceptors (Lipinski definition) is 3. The number of carboxylic acid groups (broad SMARTS) is 1. The highest BCUT2D eigenvalue weighted by Gasteiger charge is 2.34. The largest absolute Gasteiger partial charge is 0.481 e. The summed E-state index contributed by atoms with van der Waals surface area (Å²) in [6, 6.07) is 0.384. The third kappa shape index (κ3) is 3.69. The van der Waals surface area contributed by atoms with E-state index in [4.69, 9.17) is 0 Å². The van der Waals surface area contributed by atoms with Gasteiger partial charge >= 0.3 is 5.97 Å². The quantitative estimate of drug-likeness (QED) is 0.766. The average molecular weight is 266 g/mol. The Morgan fingerprint density at radius 1 is 1.16 bits per heavy atom. The molecule has 19 heavy (non-hydrogen) atoms. The van der Waals surface area contributed by atoms with E-state index >= 15 is 0 Å². The molecule has 1 heterocycles. The predicted molar refractivity (Wildman–Crippen MR) is 74.0 cm³/mol. The Labute approximate surface area is 115 Å². The maximum atomic E-state index is 11.3. The van der Waals surface area contributed by atoms with Crippen LogP contribution in [0.4, 0.5) is 0 Å². The Hall–Kier alpha value is -0.610. The summed E-state index contributed by atoms with van der Waals surface area (Å²) in [5.41, 5.74) is 0. The van der Waals surface area contributed by atoms with E-state index in [1.807, 2.05) is 0 Å². The molecule has 0 amide bonds. The van der Waals surface area contributed by atoms with Gasteiger partial charge in [0.05, 0.1) is 5.92 Å². The van der Waals surface area contributed by atoms with Crippen LogP contribution in [0.15, 0.2) is 0 Å². The summed E-state index contributed by atoms with van der Waals surface area (Å²) in [6.07, 6.45) is 7.58. The van der Waals surface area contributed by atoms with Crippen molar-refractivity contribution in [3.63, 3.8) is 0 Å². The number of nitrogens with zero attached hydrogens (tertiary/aromatic N) is 1. The predicted octanol–water partition coefficient (Wildman–Crippen LogP) is 1.56. The number of aliphatic carboxylic acids is 1. The zero-order chi connectivity index (χ0) is 13.2. The van der Waals surface area contributed by atoms with E-state index in [1.54, 1.807) is 0 Å². The molecule has 0 radical (unpaired) electrons. The van der Waals surface area contributed by atoms with Crippen LogP contribution in [0, 0.1) is 17.8 Å². The standard InChI is InChI=1S/C15H26N2O2/c18-15(19)13-6-14(16-7-11-2-1-3-11)10-17(9-13)8-12-4-5-12/h11-14,16H,1-10H2,(H,18,19). The lowest BCUT2D eigenvalue weighted by Gasteiger charge is -2.38. The van der Waals surface area contributed by atoms with E-state index in [0.717, 1.165) is 44.4 Å². The minimum atomic E-state index is -0.615. The normalized spacial score (nSPS) is 33.1. The van der Waals surface area contributed by atoms with Gasteiger partial charge in [-0.3, -0.25) is 4.79 Å². The molecule has 4 heteroatoms. The first kappa shape index (κ1) is 13.4. The van der Waals surface area contributed by atoms with Crippen molar-refractivity contribution in [1.29, 1.82) is 0 Å². The minimum absolute atomic E-state index is 0.175. The molecule has 3 fully saturated rings. The first-order valence-electron chi connectivity index (χ1n) is 7.89. The van der Waals surface area contributed by atoms with Crippen LogP contribution < -0.4 is 5.32 Å². The molecule has 2 N–H and O–H groups in total. The van der Waals surface area contributed by atoms with Crippen LogP contribution in [0.25, 0.3) is 0 Å². The molecule has 2 aliphatic carbocycles. The Balaban J connectivity index is 1.50. The highest BCUT2D eigenvalue weighted by atomic mass is 16.4. The van der Waals surface area contributed by atoms with Crippen LogP contribution >= 0.6 is 0 Å². The van der Waals surface area contributed by atoms with Crippen LogP contribution in [0.5, 0.6) is 0 Å². The Morgan fingerprint density at radius 2 is 1.95 bits per heavy atom. The van der Waals surface area contributed by atoms with Gasteiger partial charge in [-0.1, -0.05) is 6.42 Å². The van der Waals surface area contributed by atoms with E-state index in [2.05, 4.69) is 10.2 Å². The summed E-state index contributed by atoms with van der Waals surface area (Å²) >= 11 is 0. The van der Waals surface area contributed by atoms with E-state index in [-0.39, 0.29) is 5.92 Å². The fraction of sp³-hybridized carbons (Fsp3) is 0.933. The van der Waals surface area contributed by atoms with Gasteiger partial charge in [-0.25, -0.2) is 0 Å². The zero-order valence-corrected chi connectivity index (χ0v) is 11.7. The number of likely N-dealkylation sites (tertiary alicyclic amines) is 1. The maximum Gasteiger partial charge on any atom is 0.307 e. The molecule has 0 aromatic rings. The number of carbonyl (C=O) groups is 1. The summed E-state index contributed by atoms with van der Waals surface area (Å²) in [7, 11) is 0. The Kier molecular flexibility index (Phi) is 4.08. The molecule has 4 nitrogen and oxygen atoms in total. The van der Waals surface area contributed by atoms with E-state index in [9.17, 15) is 9.90 Å². The van der Waals surface area contributed by atoms with Gasteiger partial charge in [-0.15, -0.1) is 0 Å². The van der Waals surface area contributed by atoms with Gasteiger partial charge in [-0.2, -0.15) is 0 Å². The highest BCUT2D eigenvalue weighted by molar-refractivity contribution is 5.70. The van der Waals surface area contributed by atoms with Gasteiger partial charge < -0.3 is 15.3 Å². The second-order valence-electron chi connectivity index (χ2n) is 6.83. The van der Waals surface area contributed by atoms with Crippen LogP contribution in [-0.2, 0) is 4.79 Å². The molecular weight excluding hydrogens is 240 g/mol. The SMILES string of the molecule is O=C(O)C1CC(NCC2CCC2)CN(CC2CC2)C1.